The highest BCUT2D eigenvalue weighted by molar-refractivity contribution is 5.25. The maximum absolute atomic E-state index is 8.82. The van der Waals surface area contributed by atoms with Crippen LogP contribution in [-0.2, 0) is 13.0 Å². The summed E-state index contributed by atoms with van der Waals surface area (Å²) >= 11 is 0. The van der Waals surface area contributed by atoms with Gasteiger partial charge in [0, 0.05) is 18.8 Å². The van der Waals surface area contributed by atoms with E-state index in [4.69, 9.17) is 5.26 Å². The molecule has 1 heterocycles. The Hall–Kier alpha value is -2.18. The molecular weight excluding hydrogens is 246 g/mol. The molecule has 1 aromatic carbocycles. The molecule has 0 fully saturated rings. The molecule has 0 saturated heterocycles. The first-order valence-corrected chi connectivity index (χ1v) is 6.90. The van der Waals surface area contributed by atoms with Crippen LogP contribution in [0.5, 0.6) is 0 Å². The van der Waals surface area contributed by atoms with Crippen LogP contribution in [0.15, 0.2) is 48.7 Å². The van der Waals surface area contributed by atoms with Crippen molar-refractivity contribution in [1.82, 2.24) is 10.3 Å². The van der Waals surface area contributed by atoms with Crippen LogP contribution in [0.25, 0.3) is 0 Å². The number of rotatable bonds is 6. The van der Waals surface area contributed by atoms with Gasteiger partial charge in [0.15, 0.2) is 0 Å². The van der Waals surface area contributed by atoms with Gasteiger partial charge in [-0.25, -0.2) is 4.98 Å². The van der Waals surface area contributed by atoms with Crippen molar-refractivity contribution in [2.45, 2.75) is 32.4 Å². The number of nitrogens with zero attached hydrogens (tertiary/aromatic N) is 2. The van der Waals surface area contributed by atoms with Gasteiger partial charge in [0.1, 0.15) is 11.8 Å². The minimum atomic E-state index is 0.439. The van der Waals surface area contributed by atoms with Gasteiger partial charge in [-0.3, -0.25) is 0 Å². The lowest BCUT2D eigenvalue weighted by Gasteiger charge is -2.13. The van der Waals surface area contributed by atoms with E-state index in [2.05, 4.69) is 47.6 Å². The Morgan fingerprint density at radius 3 is 2.75 bits per heavy atom. The lowest BCUT2D eigenvalue weighted by Crippen LogP contribution is -2.26. The zero-order valence-corrected chi connectivity index (χ0v) is 11.7. The smallest absolute Gasteiger partial charge is 0.140 e. The Morgan fingerprint density at radius 1 is 1.20 bits per heavy atom. The zero-order valence-electron chi connectivity index (χ0n) is 11.7. The lowest BCUT2D eigenvalue weighted by molar-refractivity contribution is 0.514. The van der Waals surface area contributed by atoms with Crippen molar-refractivity contribution in [3.8, 4) is 6.07 Å². The molecule has 0 radical (unpaired) electrons. The minimum Gasteiger partial charge on any atom is -0.310 e. The Labute approximate surface area is 120 Å². The van der Waals surface area contributed by atoms with E-state index in [1.54, 1.807) is 6.20 Å². The summed E-state index contributed by atoms with van der Waals surface area (Å²) in [7, 11) is 0. The Kier molecular flexibility index (Phi) is 5.28. The highest BCUT2D eigenvalue weighted by Crippen LogP contribution is 2.06. The Morgan fingerprint density at radius 2 is 2.00 bits per heavy atom. The van der Waals surface area contributed by atoms with Crippen LogP contribution < -0.4 is 5.32 Å². The van der Waals surface area contributed by atoms with Crippen molar-refractivity contribution in [2.75, 3.05) is 0 Å². The number of benzene rings is 1. The summed E-state index contributed by atoms with van der Waals surface area (Å²) in [6, 6.07) is 16.8. The lowest BCUT2D eigenvalue weighted by atomic mass is 10.1. The molecule has 20 heavy (non-hydrogen) atoms. The van der Waals surface area contributed by atoms with Crippen LogP contribution >= 0.6 is 0 Å². The van der Waals surface area contributed by atoms with E-state index >= 15 is 0 Å². The number of aryl methyl sites for hydroxylation is 1. The Balaban J connectivity index is 1.77. The van der Waals surface area contributed by atoms with Crippen LogP contribution in [0, 0.1) is 11.3 Å². The van der Waals surface area contributed by atoms with Gasteiger partial charge in [0.2, 0.25) is 0 Å². The second-order valence-electron chi connectivity index (χ2n) is 4.97. The van der Waals surface area contributed by atoms with Gasteiger partial charge in [-0.2, -0.15) is 5.26 Å². The molecule has 3 nitrogen and oxygen atoms in total. The summed E-state index contributed by atoms with van der Waals surface area (Å²) in [6.07, 6.45) is 3.86. The first-order chi connectivity index (χ1) is 9.78. The van der Waals surface area contributed by atoms with Gasteiger partial charge < -0.3 is 5.32 Å². The SMILES string of the molecule is CC(CCc1ccccc1)NCc1ccnc(C#N)c1. The molecule has 1 unspecified atom stereocenters. The molecule has 102 valence electrons. The summed E-state index contributed by atoms with van der Waals surface area (Å²) < 4.78 is 0. The van der Waals surface area contributed by atoms with E-state index in [-0.39, 0.29) is 0 Å². The van der Waals surface area contributed by atoms with Gasteiger partial charge in [-0.1, -0.05) is 30.3 Å². The van der Waals surface area contributed by atoms with Crippen molar-refractivity contribution in [3.05, 3.63) is 65.5 Å². The molecule has 0 aliphatic heterocycles. The van der Waals surface area contributed by atoms with Gasteiger partial charge in [-0.15, -0.1) is 0 Å². The summed E-state index contributed by atoms with van der Waals surface area (Å²) in [4.78, 5) is 3.97. The monoisotopic (exact) mass is 265 g/mol. The topological polar surface area (TPSA) is 48.7 Å². The van der Waals surface area contributed by atoms with E-state index in [9.17, 15) is 0 Å². The van der Waals surface area contributed by atoms with Crippen molar-refractivity contribution < 1.29 is 0 Å². The quantitative estimate of drug-likeness (QED) is 0.873. The molecule has 1 aromatic heterocycles. The number of nitriles is 1. The summed E-state index contributed by atoms with van der Waals surface area (Å²) in [5, 5.41) is 12.3. The average Bonchev–Trinajstić information content (AvgIpc) is 2.52. The molecule has 0 amide bonds. The predicted octanol–water partition coefficient (Wildman–Crippen LogP) is 3.06. The molecule has 0 bridgehead atoms. The van der Waals surface area contributed by atoms with Gasteiger partial charge in [0.05, 0.1) is 0 Å². The van der Waals surface area contributed by atoms with Crippen LogP contribution in [-0.4, -0.2) is 11.0 Å². The largest absolute Gasteiger partial charge is 0.310 e. The van der Waals surface area contributed by atoms with E-state index < -0.39 is 0 Å². The summed E-state index contributed by atoms with van der Waals surface area (Å²) in [5.41, 5.74) is 2.95. The molecule has 1 N–H and O–H groups in total. The molecule has 2 aromatic rings. The molecule has 0 aliphatic rings. The fourth-order valence-electron chi connectivity index (χ4n) is 2.07. The number of nitrogens with one attached hydrogen (secondary N) is 1. The molecule has 0 aliphatic carbocycles. The second-order valence-corrected chi connectivity index (χ2v) is 4.97. The first-order valence-electron chi connectivity index (χ1n) is 6.90. The summed E-state index contributed by atoms with van der Waals surface area (Å²) in [5.74, 6) is 0. The molecule has 2 rings (SSSR count). The Bertz CT molecular complexity index is 572. The molecule has 1 atom stereocenters. The first kappa shape index (κ1) is 14.2. The normalized spacial score (nSPS) is 11.8. The van der Waals surface area contributed by atoms with Gasteiger partial charge in [-0.05, 0) is 43.0 Å². The number of pyridine rings is 1. The van der Waals surface area contributed by atoms with E-state index in [1.807, 2.05) is 18.2 Å². The van der Waals surface area contributed by atoms with E-state index in [0.717, 1.165) is 24.9 Å². The van der Waals surface area contributed by atoms with E-state index in [0.29, 0.717) is 11.7 Å². The number of hydrogen-bond acceptors (Lipinski definition) is 3. The number of aromatic nitrogens is 1. The van der Waals surface area contributed by atoms with E-state index in [1.165, 1.54) is 5.56 Å². The molecular formula is C17H19N3. The average molecular weight is 265 g/mol. The highest BCUT2D eigenvalue weighted by atomic mass is 14.9. The molecule has 0 spiro atoms. The third kappa shape index (κ3) is 4.49. The van der Waals surface area contributed by atoms with Crippen molar-refractivity contribution in [1.29, 1.82) is 5.26 Å². The van der Waals surface area contributed by atoms with Crippen molar-refractivity contribution in [2.24, 2.45) is 0 Å². The van der Waals surface area contributed by atoms with Crippen LogP contribution in [0.2, 0.25) is 0 Å². The maximum Gasteiger partial charge on any atom is 0.140 e. The van der Waals surface area contributed by atoms with Gasteiger partial charge in [0.25, 0.3) is 0 Å². The van der Waals surface area contributed by atoms with Gasteiger partial charge >= 0.3 is 0 Å². The van der Waals surface area contributed by atoms with Crippen molar-refractivity contribution >= 4 is 0 Å². The standard InChI is InChI=1S/C17H19N3/c1-14(7-8-15-5-3-2-4-6-15)20-13-16-9-10-19-17(11-16)12-18/h2-6,9-11,14,20H,7-8,13H2,1H3. The third-order valence-electron chi connectivity index (χ3n) is 3.30. The highest BCUT2D eigenvalue weighted by Gasteiger charge is 2.03. The maximum atomic E-state index is 8.82. The third-order valence-corrected chi connectivity index (χ3v) is 3.30. The number of hydrogen-bond donors (Lipinski definition) is 1. The fraction of sp³-hybridized carbons (Fsp3) is 0.294. The predicted molar refractivity (Wildman–Crippen MR) is 80.0 cm³/mol. The van der Waals surface area contributed by atoms with Crippen LogP contribution in [0.4, 0.5) is 0 Å². The molecule has 3 heteroatoms. The molecule has 0 saturated carbocycles. The fourth-order valence-corrected chi connectivity index (χ4v) is 2.07. The summed E-state index contributed by atoms with van der Waals surface area (Å²) in [6.45, 7) is 2.96. The van der Waals surface area contributed by atoms with Crippen molar-refractivity contribution in [3.63, 3.8) is 0 Å². The van der Waals surface area contributed by atoms with Crippen LogP contribution in [0.1, 0.15) is 30.2 Å². The minimum absolute atomic E-state index is 0.439. The van der Waals surface area contributed by atoms with Crippen LogP contribution in [0.3, 0.4) is 0 Å². The second kappa shape index (κ2) is 7.42. The zero-order chi connectivity index (χ0) is 14.2.